The van der Waals surface area contributed by atoms with Gasteiger partial charge in [-0.25, -0.2) is 9.99 Å². The number of benzene rings is 2. The summed E-state index contributed by atoms with van der Waals surface area (Å²) in [6.07, 6.45) is -0.0368. The Balaban J connectivity index is 1.78. The number of halogens is 1. The van der Waals surface area contributed by atoms with Crippen molar-refractivity contribution >= 4 is 40.1 Å². The van der Waals surface area contributed by atoms with Crippen molar-refractivity contribution in [2.75, 3.05) is 14.2 Å². The maximum absolute atomic E-state index is 12.9. The molecule has 9 heteroatoms. The number of methoxy groups -OCH3 is 2. The van der Waals surface area contributed by atoms with Gasteiger partial charge in [0.2, 0.25) is 5.91 Å². The molecule has 1 N–H and O–H groups in total. The number of hydrogen-bond acceptors (Lipinski definition) is 6. The van der Waals surface area contributed by atoms with E-state index >= 15 is 0 Å². The molecule has 3 aromatic rings. The molecule has 2 aromatic carbocycles. The highest BCUT2D eigenvalue weighted by molar-refractivity contribution is 6.30. The van der Waals surface area contributed by atoms with Gasteiger partial charge in [0.05, 0.1) is 32.4 Å². The number of amides is 1. The van der Waals surface area contributed by atoms with E-state index in [-0.39, 0.29) is 18.0 Å². The highest BCUT2D eigenvalue weighted by atomic mass is 35.5. The van der Waals surface area contributed by atoms with Crippen LogP contribution in [0, 0.1) is 0 Å². The number of hydrogen-bond donors (Lipinski definition) is 1. The average Bonchev–Trinajstić information content (AvgIpc) is 3.27. The van der Waals surface area contributed by atoms with Gasteiger partial charge in [-0.05, 0) is 17.7 Å². The summed E-state index contributed by atoms with van der Waals surface area (Å²) < 4.78 is 10.8. The lowest BCUT2D eigenvalue weighted by atomic mass is 9.98. The smallest absolute Gasteiger partial charge is 0.303 e. The molecule has 0 aliphatic carbocycles. The van der Waals surface area contributed by atoms with Crippen molar-refractivity contribution in [3.63, 3.8) is 0 Å². The minimum Gasteiger partial charge on any atom is -0.497 e. The third-order valence-electron chi connectivity index (χ3n) is 5.48. The minimum absolute atomic E-state index is 0.169. The number of ether oxygens (including phenoxy) is 2. The fraction of sp³-hybridized carbons (Fsp3) is 0.250. The molecule has 0 saturated heterocycles. The van der Waals surface area contributed by atoms with Gasteiger partial charge >= 0.3 is 5.97 Å². The molecule has 170 valence electrons. The van der Waals surface area contributed by atoms with E-state index in [4.69, 9.17) is 26.2 Å². The van der Waals surface area contributed by atoms with Gasteiger partial charge in [0.25, 0.3) is 0 Å². The Morgan fingerprint density at radius 1 is 1.12 bits per heavy atom. The quantitative estimate of drug-likeness (QED) is 0.515. The summed E-state index contributed by atoms with van der Waals surface area (Å²) in [5.74, 6) is -0.333. The topological polar surface area (TPSA) is 101 Å². The molecule has 33 heavy (non-hydrogen) atoms. The number of carboxylic acid groups (broad SMARTS) is 1. The van der Waals surface area contributed by atoms with Crippen LogP contribution in [0.5, 0.6) is 11.5 Å². The normalized spacial score (nSPS) is 15.4. The molecule has 0 radical (unpaired) electrons. The van der Waals surface area contributed by atoms with Gasteiger partial charge in [-0.15, -0.1) is 0 Å². The summed E-state index contributed by atoms with van der Waals surface area (Å²) >= 11 is 6.60. The molecule has 1 atom stereocenters. The van der Waals surface area contributed by atoms with Crippen LogP contribution in [0.4, 0.5) is 0 Å². The first-order valence-electron chi connectivity index (χ1n) is 10.3. The molecular weight excluding hydrogens is 446 g/mol. The van der Waals surface area contributed by atoms with E-state index in [9.17, 15) is 9.59 Å². The van der Waals surface area contributed by atoms with E-state index in [0.29, 0.717) is 34.7 Å². The van der Waals surface area contributed by atoms with Crippen molar-refractivity contribution in [3.8, 4) is 11.5 Å². The predicted octanol–water partition coefficient (Wildman–Crippen LogP) is 4.45. The fourth-order valence-electron chi connectivity index (χ4n) is 3.85. The average molecular weight is 468 g/mol. The van der Waals surface area contributed by atoms with Gasteiger partial charge in [0, 0.05) is 29.9 Å². The third-order valence-corrected chi connectivity index (χ3v) is 5.78. The van der Waals surface area contributed by atoms with Crippen LogP contribution in [-0.4, -0.2) is 46.9 Å². The maximum atomic E-state index is 12.9. The summed E-state index contributed by atoms with van der Waals surface area (Å²) in [5, 5.41) is 15.9. The largest absolute Gasteiger partial charge is 0.497 e. The molecular formula is C24H22ClN3O5. The van der Waals surface area contributed by atoms with Crippen molar-refractivity contribution in [2.45, 2.75) is 25.3 Å². The summed E-state index contributed by atoms with van der Waals surface area (Å²) in [6.45, 7) is 0. The number of rotatable bonds is 7. The van der Waals surface area contributed by atoms with E-state index in [2.05, 4.69) is 10.1 Å². The number of fused-ring (bicyclic) bond motifs is 1. The van der Waals surface area contributed by atoms with Gasteiger partial charge in [-0.3, -0.25) is 9.59 Å². The van der Waals surface area contributed by atoms with Crippen molar-refractivity contribution in [2.24, 2.45) is 5.10 Å². The zero-order chi connectivity index (χ0) is 23.5. The third kappa shape index (κ3) is 4.61. The number of hydrazone groups is 1. The van der Waals surface area contributed by atoms with Crippen molar-refractivity contribution in [1.29, 1.82) is 0 Å². The van der Waals surface area contributed by atoms with E-state index in [0.717, 1.165) is 10.9 Å². The van der Waals surface area contributed by atoms with Crippen LogP contribution in [-0.2, 0) is 9.59 Å². The lowest BCUT2D eigenvalue weighted by Gasteiger charge is -2.23. The second-order valence-electron chi connectivity index (χ2n) is 7.53. The second-order valence-corrected chi connectivity index (χ2v) is 7.89. The Bertz CT molecular complexity index is 1250. The van der Waals surface area contributed by atoms with Crippen LogP contribution in [0.15, 0.2) is 53.6 Å². The molecule has 1 aliphatic heterocycles. The molecule has 0 fully saturated rings. The first-order valence-corrected chi connectivity index (χ1v) is 10.7. The van der Waals surface area contributed by atoms with Gasteiger partial charge in [-0.2, -0.15) is 5.10 Å². The summed E-state index contributed by atoms with van der Waals surface area (Å²) in [6, 6.07) is 14.4. The SMILES string of the molecule is COc1cc(OC)c2nc(Cl)c([C@H]3CC(c4ccccc4)=NN3C(=O)CCC(=O)O)cc2c1. The number of aliphatic carboxylic acids is 1. The zero-order valence-electron chi connectivity index (χ0n) is 18.1. The van der Waals surface area contributed by atoms with E-state index in [1.807, 2.05) is 42.5 Å². The molecule has 1 aliphatic rings. The summed E-state index contributed by atoms with van der Waals surface area (Å²) in [7, 11) is 3.10. The maximum Gasteiger partial charge on any atom is 0.303 e. The van der Waals surface area contributed by atoms with E-state index in [1.165, 1.54) is 12.1 Å². The van der Waals surface area contributed by atoms with Crippen LogP contribution < -0.4 is 9.47 Å². The minimum atomic E-state index is -1.05. The second kappa shape index (κ2) is 9.46. The zero-order valence-corrected chi connectivity index (χ0v) is 18.9. The molecule has 0 spiro atoms. The monoisotopic (exact) mass is 467 g/mol. The van der Waals surface area contributed by atoms with E-state index < -0.39 is 17.9 Å². The van der Waals surface area contributed by atoms with Crippen molar-refractivity contribution in [3.05, 3.63) is 64.8 Å². The lowest BCUT2D eigenvalue weighted by molar-refractivity contribution is -0.141. The fourth-order valence-corrected chi connectivity index (χ4v) is 4.11. The van der Waals surface area contributed by atoms with Crippen LogP contribution in [0.2, 0.25) is 5.15 Å². The molecule has 0 unspecified atom stereocenters. The molecule has 4 rings (SSSR count). The Morgan fingerprint density at radius 2 is 1.88 bits per heavy atom. The highest BCUT2D eigenvalue weighted by Gasteiger charge is 2.35. The summed E-state index contributed by atoms with van der Waals surface area (Å²) in [5.41, 5.74) is 2.77. The van der Waals surface area contributed by atoms with E-state index in [1.54, 1.807) is 13.2 Å². The number of carboxylic acids is 1. The standard InChI is InChI=1S/C24H22ClN3O5/c1-32-16-10-15-11-17(24(25)26-23(15)20(12-16)33-2)19-13-18(14-6-4-3-5-7-14)27-28(19)21(29)8-9-22(30)31/h3-7,10-12,19H,8-9,13H2,1-2H3,(H,30,31)/t19-/m1/s1. The highest BCUT2D eigenvalue weighted by Crippen LogP contribution is 2.39. The van der Waals surface area contributed by atoms with Gasteiger partial charge < -0.3 is 14.6 Å². The van der Waals surface area contributed by atoms with Gasteiger partial charge in [0.1, 0.15) is 22.2 Å². The Labute approximate surface area is 195 Å². The lowest BCUT2D eigenvalue weighted by Crippen LogP contribution is -2.27. The first kappa shape index (κ1) is 22.5. The van der Waals surface area contributed by atoms with Gasteiger partial charge in [0.15, 0.2) is 0 Å². The summed E-state index contributed by atoms with van der Waals surface area (Å²) in [4.78, 5) is 28.5. The Kier molecular flexibility index (Phi) is 6.46. The first-order chi connectivity index (χ1) is 15.9. The van der Waals surface area contributed by atoms with Crippen LogP contribution in [0.3, 0.4) is 0 Å². The molecule has 1 aromatic heterocycles. The van der Waals surface area contributed by atoms with Crippen molar-refractivity contribution < 1.29 is 24.2 Å². The number of nitrogens with zero attached hydrogens (tertiary/aromatic N) is 3. The van der Waals surface area contributed by atoms with Gasteiger partial charge in [-0.1, -0.05) is 41.9 Å². The Morgan fingerprint density at radius 3 is 2.55 bits per heavy atom. The number of aromatic nitrogens is 1. The number of carbonyl (C=O) groups is 2. The predicted molar refractivity (Wildman–Crippen MR) is 124 cm³/mol. The molecule has 0 saturated carbocycles. The Hall–Kier alpha value is -3.65. The van der Waals surface area contributed by atoms with Crippen LogP contribution in [0.1, 0.15) is 36.4 Å². The number of pyridine rings is 1. The van der Waals surface area contributed by atoms with Crippen LogP contribution in [0.25, 0.3) is 10.9 Å². The molecule has 8 nitrogen and oxygen atoms in total. The van der Waals surface area contributed by atoms with Crippen molar-refractivity contribution in [1.82, 2.24) is 9.99 Å². The molecule has 1 amide bonds. The molecule has 0 bridgehead atoms. The molecule has 2 heterocycles. The number of carbonyl (C=O) groups excluding carboxylic acids is 1. The van der Waals surface area contributed by atoms with Crippen LogP contribution >= 0.6 is 11.6 Å².